The van der Waals surface area contributed by atoms with E-state index in [9.17, 15) is 4.79 Å². The van der Waals surface area contributed by atoms with Gasteiger partial charge in [-0.2, -0.15) is 0 Å². The van der Waals surface area contributed by atoms with Crippen LogP contribution in [-0.2, 0) is 4.79 Å². The van der Waals surface area contributed by atoms with Crippen molar-refractivity contribution in [3.05, 3.63) is 99.7 Å². The summed E-state index contributed by atoms with van der Waals surface area (Å²) in [6.07, 6.45) is 1.68. The average molecular weight is 437 g/mol. The van der Waals surface area contributed by atoms with Gasteiger partial charge in [0.15, 0.2) is 0 Å². The van der Waals surface area contributed by atoms with E-state index in [2.05, 4.69) is 4.99 Å². The number of carbonyl (C=O) groups is 1. The highest BCUT2D eigenvalue weighted by Crippen LogP contribution is 2.31. The van der Waals surface area contributed by atoms with Gasteiger partial charge in [-0.25, -0.2) is 4.99 Å². The number of halogens is 2. The zero-order valence-corrected chi connectivity index (χ0v) is 17.7. The first-order valence-corrected chi connectivity index (χ1v) is 10.2. The molecule has 4 rings (SSSR count). The summed E-state index contributed by atoms with van der Waals surface area (Å²) in [5, 5.41) is 0.989. The molecule has 1 aliphatic rings. The second-order valence-electron chi connectivity index (χ2n) is 6.56. The van der Waals surface area contributed by atoms with Crippen LogP contribution < -0.4 is 9.64 Å². The molecule has 0 bridgehead atoms. The number of nitrogens with zero attached hydrogens (tertiary/aromatic N) is 2. The van der Waals surface area contributed by atoms with Gasteiger partial charge in [0.25, 0.3) is 5.91 Å². The van der Waals surface area contributed by atoms with Gasteiger partial charge in [-0.3, -0.25) is 9.69 Å². The molecule has 3 aromatic rings. The Morgan fingerprint density at radius 2 is 1.73 bits per heavy atom. The summed E-state index contributed by atoms with van der Waals surface area (Å²) in [6.45, 7) is 2.50. The van der Waals surface area contributed by atoms with E-state index in [0.717, 1.165) is 11.3 Å². The maximum absolute atomic E-state index is 13.3. The van der Waals surface area contributed by atoms with Crippen molar-refractivity contribution >= 4 is 46.7 Å². The lowest BCUT2D eigenvalue weighted by Crippen LogP contribution is -2.32. The van der Waals surface area contributed by atoms with Gasteiger partial charge in [0.1, 0.15) is 17.3 Å². The van der Waals surface area contributed by atoms with E-state index in [1.54, 1.807) is 29.2 Å². The molecule has 0 spiro atoms. The van der Waals surface area contributed by atoms with Gasteiger partial charge in [-0.1, -0.05) is 59.6 Å². The molecule has 0 unspecified atom stereocenters. The van der Waals surface area contributed by atoms with Crippen molar-refractivity contribution in [2.75, 3.05) is 11.5 Å². The van der Waals surface area contributed by atoms with E-state index in [0.29, 0.717) is 39.4 Å². The number of hydrogen-bond donors (Lipinski definition) is 0. The zero-order valence-electron chi connectivity index (χ0n) is 16.2. The minimum atomic E-state index is -0.232. The number of hydrogen-bond acceptors (Lipinski definition) is 3. The van der Waals surface area contributed by atoms with E-state index in [-0.39, 0.29) is 5.91 Å². The number of ether oxygens (including phenoxy) is 1. The van der Waals surface area contributed by atoms with Crippen LogP contribution in [-0.4, -0.2) is 18.3 Å². The van der Waals surface area contributed by atoms with Gasteiger partial charge in [0.2, 0.25) is 0 Å². The molecule has 0 N–H and O–H groups in total. The fourth-order valence-electron chi connectivity index (χ4n) is 3.16. The van der Waals surface area contributed by atoms with E-state index in [1.807, 2.05) is 61.5 Å². The van der Waals surface area contributed by atoms with E-state index >= 15 is 0 Å². The first kappa shape index (κ1) is 20.2. The van der Waals surface area contributed by atoms with E-state index < -0.39 is 0 Å². The van der Waals surface area contributed by atoms with Crippen LogP contribution >= 0.6 is 23.2 Å². The first-order chi connectivity index (χ1) is 14.6. The average Bonchev–Trinajstić information content (AvgIpc) is 3.08. The fourth-order valence-corrected chi connectivity index (χ4v) is 3.62. The summed E-state index contributed by atoms with van der Waals surface area (Å²) < 4.78 is 5.51. The molecular weight excluding hydrogens is 419 g/mol. The fraction of sp³-hybridized carbons (Fsp3) is 0.0833. The van der Waals surface area contributed by atoms with Gasteiger partial charge in [0, 0.05) is 15.6 Å². The minimum absolute atomic E-state index is 0.232. The Morgan fingerprint density at radius 1 is 1.00 bits per heavy atom. The van der Waals surface area contributed by atoms with Crippen LogP contribution in [0.15, 0.2) is 83.5 Å². The van der Waals surface area contributed by atoms with Crippen molar-refractivity contribution in [3.63, 3.8) is 0 Å². The van der Waals surface area contributed by atoms with E-state index in [4.69, 9.17) is 27.9 Å². The minimum Gasteiger partial charge on any atom is -0.494 e. The van der Waals surface area contributed by atoms with Crippen LogP contribution in [0, 0.1) is 0 Å². The molecule has 0 fully saturated rings. The molecular formula is C24H18Cl2N2O2. The molecule has 0 saturated heterocycles. The summed E-state index contributed by atoms with van der Waals surface area (Å²) in [7, 11) is 0. The number of aliphatic imine (C=N–C) groups is 1. The topological polar surface area (TPSA) is 41.9 Å². The Kier molecular flexibility index (Phi) is 5.88. The molecule has 0 saturated carbocycles. The molecule has 30 heavy (non-hydrogen) atoms. The Morgan fingerprint density at radius 3 is 2.40 bits per heavy atom. The largest absolute Gasteiger partial charge is 0.494 e. The molecule has 3 aromatic carbocycles. The summed E-state index contributed by atoms with van der Waals surface area (Å²) in [5.41, 5.74) is 2.52. The number of carbonyl (C=O) groups excluding carboxylic acids is 1. The van der Waals surface area contributed by atoms with Crippen LogP contribution in [0.3, 0.4) is 0 Å². The van der Waals surface area contributed by atoms with Crippen molar-refractivity contribution in [2.24, 2.45) is 4.99 Å². The van der Waals surface area contributed by atoms with Crippen LogP contribution in [0.5, 0.6) is 5.75 Å². The SMILES string of the molecule is CCOc1ccc(N2C(=O)/C(=C\c3ccc(Cl)cc3Cl)N=C2c2ccccc2)cc1. The zero-order chi connectivity index (χ0) is 21.1. The Hall–Kier alpha value is -3.08. The van der Waals surface area contributed by atoms with Gasteiger partial charge >= 0.3 is 0 Å². The molecule has 6 heteroatoms. The van der Waals surface area contributed by atoms with Gasteiger partial charge in [-0.15, -0.1) is 0 Å². The van der Waals surface area contributed by atoms with Crippen molar-refractivity contribution in [2.45, 2.75) is 6.92 Å². The summed E-state index contributed by atoms with van der Waals surface area (Å²) >= 11 is 12.3. The molecule has 0 atom stereocenters. The highest BCUT2D eigenvalue weighted by atomic mass is 35.5. The quantitative estimate of drug-likeness (QED) is 0.445. The van der Waals surface area contributed by atoms with Crippen molar-refractivity contribution in [3.8, 4) is 5.75 Å². The number of rotatable bonds is 5. The highest BCUT2D eigenvalue weighted by molar-refractivity contribution is 6.36. The van der Waals surface area contributed by atoms with Crippen molar-refractivity contribution in [1.82, 2.24) is 0 Å². The number of benzene rings is 3. The van der Waals surface area contributed by atoms with Gasteiger partial charge < -0.3 is 4.74 Å². The van der Waals surface area contributed by atoms with Crippen LogP contribution in [0.2, 0.25) is 10.0 Å². The standard InChI is InChI=1S/C24H18Cl2N2O2/c1-2-30-20-12-10-19(11-13-20)28-23(16-6-4-3-5-7-16)27-22(24(28)29)14-17-8-9-18(25)15-21(17)26/h3-15H,2H2,1H3/b22-14+. The predicted octanol–water partition coefficient (Wildman–Crippen LogP) is 6.23. The molecule has 4 nitrogen and oxygen atoms in total. The normalized spacial score (nSPS) is 14.9. The Balaban J connectivity index is 1.78. The van der Waals surface area contributed by atoms with Crippen molar-refractivity contribution < 1.29 is 9.53 Å². The number of amidine groups is 1. The first-order valence-electron chi connectivity index (χ1n) is 9.45. The molecule has 150 valence electrons. The number of amides is 1. The lowest BCUT2D eigenvalue weighted by Gasteiger charge is -2.19. The lowest BCUT2D eigenvalue weighted by molar-refractivity contribution is -0.113. The highest BCUT2D eigenvalue weighted by Gasteiger charge is 2.32. The molecule has 0 aliphatic carbocycles. The molecule has 1 amide bonds. The second kappa shape index (κ2) is 8.74. The van der Waals surface area contributed by atoms with Gasteiger partial charge in [0.05, 0.1) is 12.3 Å². The smallest absolute Gasteiger partial charge is 0.282 e. The van der Waals surface area contributed by atoms with E-state index in [1.165, 1.54) is 0 Å². The Labute approximate surface area is 185 Å². The lowest BCUT2D eigenvalue weighted by atomic mass is 10.1. The summed E-state index contributed by atoms with van der Waals surface area (Å²) in [5.74, 6) is 1.07. The third kappa shape index (κ3) is 4.11. The maximum Gasteiger partial charge on any atom is 0.282 e. The molecule has 1 aliphatic heterocycles. The third-order valence-electron chi connectivity index (χ3n) is 4.55. The molecule has 0 radical (unpaired) electrons. The monoisotopic (exact) mass is 436 g/mol. The van der Waals surface area contributed by atoms with Crippen LogP contribution in [0.1, 0.15) is 18.1 Å². The van der Waals surface area contributed by atoms with Crippen LogP contribution in [0.4, 0.5) is 5.69 Å². The molecule has 0 aromatic heterocycles. The number of anilines is 1. The summed E-state index contributed by atoms with van der Waals surface area (Å²) in [6, 6.07) is 22.1. The van der Waals surface area contributed by atoms with Crippen LogP contribution in [0.25, 0.3) is 6.08 Å². The summed E-state index contributed by atoms with van der Waals surface area (Å²) in [4.78, 5) is 19.6. The predicted molar refractivity (Wildman–Crippen MR) is 123 cm³/mol. The van der Waals surface area contributed by atoms with Crippen molar-refractivity contribution in [1.29, 1.82) is 0 Å². The van der Waals surface area contributed by atoms with Gasteiger partial charge in [-0.05, 0) is 55.0 Å². The Bertz CT molecular complexity index is 1140. The molecule has 1 heterocycles. The maximum atomic E-state index is 13.3. The second-order valence-corrected chi connectivity index (χ2v) is 7.41. The third-order valence-corrected chi connectivity index (χ3v) is 5.12.